The maximum absolute atomic E-state index is 11.1. The van der Waals surface area contributed by atoms with Crippen molar-refractivity contribution in [3.05, 3.63) is 34.4 Å². The second kappa shape index (κ2) is 22.1. The van der Waals surface area contributed by atoms with Crippen LogP contribution in [0, 0.1) is 10.1 Å². The summed E-state index contributed by atoms with van der Waals surface area (Å²) in [5.74, 6) is 0.295. The number of hydrogen-bond donors (Lipinski definition) is 0. The third kappa shape index (κ3) is 18.6. The van der Waals surface area contributed by atoms with Crippen LogP contribution < -0.4 is 4.74 Å². The number of ether oxygens (including phenoxy) is 8. The van der Waals surface area contributed by atoms with Crippen molar-refractivity contribution in [2.24, 2.45) is 0 Å². The van der Waals surface area contributed by atoms with Crippen LogP contribution in [0.15, 0.2) is 24.3 Å². The fourth-order valence-corrected chi connectivity index (χ4v) is 2.47. The van der Waals surface area contributed by atoms with Crippen LogP contribution >= 0.6 is 0 Å². The summed E-state index contributed by atoms with van der Waals surface area (Å²) in [5.41, 5.74) is 0.0241. The van der Waals surface area contributed by atoms with Crippen molar-refractivity contribution in [2.45, 2.75) is 13.3 Å². The van der Waals surface area contributed by atoms with Crippen molar-refractivity contribution in [2.75, 3.05) is 92.5 Å². The Labute approximate surface area is 205 Å². The van der Waals surface area contributed by atoms with Gasteiger partial charge in [-0.3, -0.25) is 14.9 Å². The Morgan fingerprint density at radius 1 is 0.686 bits per heavy atom. The van der Waals surface area contributed by atoms with E-state index in [-0.39, 0.29) is 18.1 Å². The SMILES string of the molecule is CCOC(=O)CCOCCOCCOCCOCCOCCOCCOc1ccc([N+](=O)[O-])cc1. The van der Waals surface area contributed by atoms with Gasteiger partial charge >= 0.3 is 5.97 Å². The van der Waals surface area contributed by atoms with Crippen LogP contribution in [0.1, 0.15) is 13.3 Å². The Bertz CT molecular complexity index is 657. The molecule has 0 spiro atoms. The fraction of sp³-hybridized carbons (Fsp3) is 0.696. The highest BCUT2D eigenvalue weighted by molar-refractivity contribution is 5.69. The summed E-state index contributed by atoms with van der Waals surface area (Å²) >= 11 is 0. The van der Waals surface area contributed by atoms with Crippen LogP contribution in [0.4, 0.5) is 5.69 Å². The van der Waals surface area contributed by atoms with E-state index in [9.17, 15) is 14.9 Å². The first-order valence-corrected chi connectivity index (χ1v) is 11.6. The van der Waals surface area contributed by atoms with Crippen LogP contribution in [0.5, 0.6) is 5.75 Å². The number of rotatable bonds is 24. The molecule has 0 saturated heterocycles. The van der Waals surface area contributed by atoms with Crippen LogP contribution in [0.25, 0.3) is 0 Å². The molecule has 0 bridgehead atoms. The van der Waals surface area contributed by atoms with E-state index in [0.29, 0.717) is 98.2 Å². The lowest BCUT2D eigenvalue weighted by atomic mass is 10.3. The zero-order valence-corrected chi connectivity index (χ0v) is 20.4. The first-order chi connectivity index (χ1) is 17.1. The summed E-state index contributed by atoms with van der Waals surface area (Å²) in [6, 6.07) is 5.89. The van der Waals surface area contributed by atoms with Crippen molar-refractivity contribution < 1.29 is 47.6 Å². The van der Waals surface area contributed by atoms with Crippen LogP contribution in [0.3, 0.4) is 0 Å². The molecule has 0 aromatic heterocycles. The number of non-ortho nitro benzene ring substituents is 1. The van der Waals surface area contributed by atoms with E-state index in [1.54, 1.807) is 19.1 Å². The molecule has 0 unspecified atom stereocenters. The topological polar surface area (TPSA) is 134 Å². The van der Waals surface area contributed by atoms with E-state index in [4.69, 9.17) is 37.9 Å². The predicted molar refractivity (Wildman–Crippen MR) is 125 cm³/mol. The number of nitrogens with zero attached hydrogens (tertiary/aromatic N) is 1. The smallest absolute Gasteiger partial charge is 0.308 e. The monoisotopic (exact) mass is 503 g/mol. The van der Waals surface area contributed by atoms with Gasteiger partial charge in [0.05, 0.1) is 97.2 Å². The number of nitro groups is 1. The van der Waals surface area contributed by atoms with Crippen LogP contribution in [-0.2, 0) is 38.0 Å². The van der Waals surface area contributed by atoms with E-state index < -0.39 is 4.92 Å². The largest absolute Gasteiger partial charge is 0.491 e. The van der Waals surface area contributed by atoms with Gasteiger partial charge in [-0.1, -0.05) is 0 Å². The lowest BCUT2D eigenvalue weighted by molar-refractivity contribution is -0.384. The Balaban J connectivity index is 1.73. The highest BCUT2D eigenvalue weighted by atomic mass is 16.6. The molecule has 0 aliphatic rings. The Kier molecular flexibility index (Phi) is 19.4. The summed E-state index contributed by atoms with van der Waals surface area (Å²) in [5, 5.41) is 10.6. The van der Waals surface area contributed by atoms with E-state index in [1.807, 2.05) is 0 Å². The Morgan fingerprint density at radius 3 is 1.49 bits per heavy atom. The molecule has 0 fully saturated rings. The molecule has 0 aliphatic heterocycles. The minimum absolute atomic E-state index is 0.0241. The summed E-state index contributed by atoms with van der Waals surface area (Å²) in [7, 11) is 0. The van der Waals surface area contributed by atoms with Crippen molar-refractivity contribution >= 4 is 11.7 Å². The van der Waals surface area contributed by atoms with Gasteiger partial charge in [-0.2, -0.15) is 0 Å². The molecule has 0 aliphatic carbocycles. The fourth-order valence-electron chi connectivity index (χ4n) is 2.47. The number of esters is 1. The number of carbonyl (C=O) groups excluding carboxylic acids is 1. The molecule has 1 aromatic rings. The average Bonchev–Trinajstić information content (AvgIpc) is 2.85. The second-order valence-corrected chi connectivity index (χ2v) is 6.83. The van der Waals surface area contributed by atoms with Gasteiger partial charge in [0.15, 0.2) is 0 Å². The number of carbonyl (C=O) groups is 1. The molecule has 1 aromatic carbocycles. The predicted octanol–water partition coefficient (Wildman–Crippen LogP) is 2.03. The minimum Gasteiger partial charge on any atom is -0.491 e. The summed E-state index contributed by atoms with van der Waals surface area (Å²) in [6.45, 7) is 7.74. The first-order valence-electron chi connectivity index (χ1n) is 11.6. The summed E-state index contributed by atoms with van der Waals surface area (Å²) < 4.78 is 42.5. The maximum Gasteiger partial charge on any atom is 0.308 e. The van der Waals surface area contributed by atoms with Gasteiger partial charge < -0.3 is 37.9 Å². The van der Waals surface area contributed by atoms with Gasteiger partial charge in [-0.15, -0.1) is 0 Å². The second-order valence-electron chi connectivity index (χ2n) is 6.83. The van der Waals surface area contributed by atoms with E-state index >= 15 is 0 Å². The molecule has 0 amide bonds. The van der Waals surface area contributed by atoms with Crippen LogP contribution in [0.2, 0.25) is 0 Å². The molecular weight excluding hydrogens is 466 g/mol. The normalized spacial score (nSPS) is 10.9. The highest BCUT2D eigenvalue weighted by Gasteiger charge is 2.04. The lowest BCUT2D eigenvalue weighted by Gasteiger charge is -2.09. The molecular formula is C23H37NO11. The zero-order chi connectivity index (χ0) is 25.4. The number of nitro benzene ring substituents is 1. The standard InChI is InChI=1S/C23H37NO11/c1-2-34-23(25)7-8-28-9-10-29-11-12-30-13-14-31-15-16-32-17-18-33-19-20-35-22-5-3-21(4-6-22)24(26)27/h3-6H,2,7-20H2,1H3. The lowest BCUT2D eigenvalue weighted by Crippen LogP contribution is -2.15. The highest BCUT2D eigenvalue weighted by Crippen LogP contribution is 2.17. The molecule has 0 atom stereocenters. The molecule has 0 N–H and O–H groups in total. The third-order valence-electron chi connectivity index (χ3n) is 4.16. The average molecular weight is 504 g/mol. The third-order valence-corrected chi connectivity index (χ3v) is 4.16. The quantitative estimate of drug-likeness (QED) is 0.0887. The van der Waals surface area contributed by atoms with E-state index in [1.165, 1.54) is 12.1 Å². The van der Waals surface area contributed by atoms with Gasteiger partial charge in [-0.25, -0.2) is 0 Å². The summed E-state index contributed by atoms with van der Waals surface area (Å²) in [6.07, 6.45) is 0.249. The molecule has 12 heteroatoms. The summed E-state index contributed by atoms with van der Waals surface area (Å²) in [4.78, 5) is 21.2. The van der Waals surface area contributed by atoms with Crippen molar-refractivity contribution in [1.29, 1.82) is 0 Å². The molecule has 35 heavy (non-hydrogen) atoms. The van der Waals surface area contributed by atoms with Gasteiger partial charge in [0.25, 0.3) is 5.69 Å². The molecule has 12 nitrogen and oxygen atoms in total. The number of benzene rings is 1. The molecule has 200 valence electrons. The number of hydrogen-bond acceptors (Lipinski definition) is 11. The first kappa shape index (κ1) is 30.7. The van der Waals surface area contributed by atoms with E-state index in [2.05, 4.69) is 0 Å². The molecule has 0 saturated carbocycles. The zero-order valence-electron chi connectivity index (χ0n) is 20.4. The van der Waals surface area contributed by atoms with Crippen molar-refractivity contribution in [3.8, 4) is 5.75 Å². The molecule has 0 radical (unpaired) electrons. The maximum atomic E-state index is 11.1. The van der Waals surface area contributed by atoms with Gasteiger partial charge in [-0.05, 0) is 19.1 Å². The van der Waals surface area contributed by atoms with Gasteiger partial charge in [0, 0.05) is 12.1 Å². The molecule has 0 heterocycles. The van der Waals surface area contributed by atoms with Crippen molar-refractivity contribution in [1.82, 2.24) is 0 Å². The Hall–Kier alpha value is -2.35. The van der Waals surface area contributed by atoms with Gasteiger partial charge in [0.2, 0.25) is 0 Å². The van der Waals surface area contributed by atoms with Gasteiger partial charge in [0.1, 0.15) is 12.4 Å². The minimum atomic E-state index is -0.456. The Morgan fingerprint density at radius 2 is 1.09 bits per heavy atom. The van der Waals surface area contributed by atoms with Crippen molar-refractivity contribution in [3.63, 3.8) is 0 Å². The van der Waals surface area contributed by atoms with E-state index in [0.717, 1.165) is 0 Å². The molecule has 1 rings (SSSR count). The van der Waals surface area contributed by atoms with Crippen LogP contribution in [-0.4, -0.2) is 103 Å².